The van der Waals surface area contributed by atoms with Gasteiger partial charge in [-0.15, -0.1) is 0 Å². The molecule has 100 valence electrons. The van der Waals surface area contributed by atoms with Gasteiger partial charge in [0.1, 0.15) is 0 Å². The summed E-state index contributed by atoms with van der Waals surface area (Å²) < 4.78 is 0.776. The van der Waals surface area contributed by atoms with Gasteiger partial charge in [-0.25, -0.2) is 0 Å². The van der Waals surface area contributed by atoms with Gasteiger partial charge in [0.05, 0.1) is 6.61 Å². The van der Waals surface area contributed by atoms with Crippen molar-refractivity contribution in [3.05, 3.63) is 33.3 Å². The van der Waals surface area contributed by atoms with Crippen molar-refractivity contribution in [1.29, 1.82) is 0 Å². The van der Waals surface area contributed by atoms with Gasteiger partial charge < -0.3 is 10.0 Å². The zero-order valence-electron chi connectivity index (χ0n) is 10.3. The standard InChI is InChI=1S/C13H17BrClNO2/c1-2-3-4-16(5-6-17)13(18)10-7-11(14)9-12(15)8-10/h7-9,17H,2-6H2,1H3. The normalized spacial score (nSPS) is 10.4. The number of aliphatic hydroxyl groups excluding tert-OH is 1. The number of rotatable bonds is 6. The molecule has 0 aliphatic heterocycles. The van der Waals surface area contributed by atoms with Crippen molar-refractivity contribution >= 4 is 33.4 Å². The fourth-order valence-electron chi connectivity index (χ4n) is 1.64. The molecule has 0 bridgehead atoms. The van der Waals surface area contributed by atoms with E-state index in [-0.39, 0.29) is 12.5 Å². The van der Waals surface area contributed by atoms with Crippen LogP contribution in [0.2, 0.25) is 5.02 Å². The van der Waals surface area contributed by atoms with Crippen LogP contribution >= 0.6 is 27.5 Å². The lowest BCUT2D eigenvalue weighted by atomic mass is 10.2. The number of carbonyl (C=O) groups is 1. The molecule has 1 rings (SSSR count). The van der Waals surface area contributed by atoms with Crippen molar-refractivity contribution in [2.45, 2.75) is 19.8 Å². The van der Waals surface area contributed by atoms with Crippen LogP contribution in [-0.2, 0) is 0 Å². The lowest BCUT2D eigenvalue weighted by Crippen LogP contribution is -2.34. The predicted octanol–water partition coefficient (Wildman–Crippen LogP) is 3.34. The number of carbonyl (C=O) groups excluding carboxylic acids is 1. The van der Waals surface area contributed by atoms with Gasteiger partial charge in [0, 0.05) is 28.1 Å². The molecule has 0 radical (unpaired) electrons. The molecule has 5 heteroatoms. The zero-order chi connectivity index (χ0) is 13.5. The van der Waals surface area contributed by atoms with Gasteiger partial charge in [-0.2, -0.15) is 0 Å². The van der Waals surface area contributed by atoms with Crippen LogP contribution in [-0.4, -0.2) is 35.6 Å². The number of unbranched alkanes of at least 4 members (excludes halogenated alkanes) is 1. The lowest BCUT2D eigenvalue weighted by Gasteiger charge is -2.21. The Labute approximate surface area is 121 Å². The highest BCUT2D eigenvalue weighted by molar-refractivity contribution is 9.10. The van der Waals surface area contributed by atoms with Gasteiger partial charge in [-0.3, -0.25) is 4.79 Å². The SMILES string of the molecule is CCCCN(CCO)C(=O)c1cc(Cl)cc(Br)c1. The summed E-state index contributed by atoms with van der Waals surface area (Å²) in [6, 6.07) is 5.12. The molecule has 0 atom stereocenters. The Morgan fingerprint density at radius 1 is 1.39 bits per heavy atom. The van der Waals surface area contributed by atoms with E-state index in [1.54, 1.807) is 23.1 Å². The third kappa shape index (κ3) is 4.59. The zero-order valence-corrected chi connectivity index (χ0v) is 12.7. The van der Waals surface area contributed by atoms with Crippen molar-refractivity contribution in [1.82, 2.24) is 4.90 Å². The van der Waals surface area contributed by atoms with E-state index in [4.69, 9.17) is 16.7 Å². The van der Waals surface area contributed by atoms with Crippen molar-refractivity contribution < 1.29 is 9.90 Å². The fraction of sp³-hybridized carbons (Fsp3) is 0.462. The van der Waals surface area contributed by atoms with Crippen molar-refractivity contribution in [3.8, 4) is 0 Å². The molecule has 0 unspecified atom stereocenters. The smallest absolute Gasteiger partial charge is 0.254 e. The molecule has 0 saturated heterocycles. The molecular formula is C13H17BrClNO2. The first-order valence-electron chi connectivity index (χ1n) is 5.94. The summed E-state index contributed by atoms with van der Waals surface area (Å²) in [4.78, 5) is 13.9. The van der Waals surface area contributed by atoms with Gasteiger partial charge in [-0.1, -0.05) is 40.9 Å². The molecule has 1 aromatic rings. The molecular weight excluding hydrogens is 318 g/mol. The van der Waals surface area contributed by atoms with Crippen LogP contribution in [0.25, 0.3) is 0 Å². The minimum absolute atomic E-state index is 0.0306. The molecule has 0 spiro atoms. The van der Waals surface area contributed by atoms with Gasteiger partial charge in [0.15, 0.2) is 0 Å². The summed E-state index contributed by atoms with van der Waals surface area (Å²) in [5.74, 6) is -0.0966. The van der Waals surface area contributed by atoms with E-state index in [1.165, 1.54) is 0 Å². The molecule has 1 amide bonds. The average molecular weight is 335 g/mol. The number of hydrogen-bond donors (Lipinski definition) is 1. The topological polar surface area (TPSA) is 40.5 Å². The second-order valence-electron chi connectivity index (χ2n) is 4.03. The number of hydrogen-bond acceptors (Lipinski definition) is 2. The van der Waals surface area contributed by atoms with Gasteiger partial charge in [0.2, 0.25) is 0 Å². The maximum Gasteiger partial charge on any atom is 0.254 e. The Kier molecular flexibility index (Phi) is 6.68. The predicted molar refractivity (Wildman–Crippen MR) is 77.0 cm³/mol. The summed E-state index contributed by atoms with van der Waals surface area (Å²) >= 11 is 9.25. The molecule has 0 heterocycles. The molecule has 18 heavy (non-hydrogen) atoms. The molecule has 1 N–H and O–H groups in total. The maximum absolute atomic E-state index is 12.3. The van der Waals surface area contributed by atoms with Gasteiger partial charge in [-0.05, 0) is 24.6 Å². The number of benzene rings is 1. The van der Waals surface area contributed by atoms with E-state index >= 15 is 0 Å². The summed E-state index contributed by atoms with van der Waals surface area (Å²) in [5.41, 5.74) is 0.541. The third-order valence-corrected chi connectivity index (χ3v) is 3.22. The fourth-order valence-corrected chi connectivity index (χ4v) is 2.50. The van der Waals surface area contributed by atoms with Crippen LogP contribution in [0.15, 0.2) is 22.7 Å². The molecule has 0 saturated carbocycles. The number of amides is 1. The highest BCUT2D eigenvalue weighted by Gasteiger charge is 2.15. The van der Waals surface area contributed by atoms with Crippen molar-refractivity contribution in [3.63, 3.8) is 0 Å². The van der Waals surface area contributed by atoms with E-state index in [0.29, 0.717) is 23.7 Å². The summed E-state index contributed by atoms with van der Waals surface area (Å²) in [6.07, 6.45) is 1.93. The molecule has 0 aliphatic carbocycles. The first kappa shape index (κ1) is 15.5. The summed E-state index contributed by atoms with van der Waals surface area (Å²) in [7, 11) is 0. The highest BCUT2D eigenvalue weighted by Crippen LogP contribution is 2.20. The number of nitrogens with zero attached hydrogens (tertiary/aromatic N) is 1. The largest absolute Gasteiger partial charge is 0.395 e. The van der Waals surface area contributed by atoms with Crippen LogP contribution in [0.1, 0.15) is 30.1 Å². The highest BCUT2D eigenvalue weighted by atomic mass is 79.9. The Bertz CT molecular complexity index is 392. The van der Waals surface area contributed by atoms with Crippen LogP contribution in [0, 0.1) is 0 Å². The van der Waals surface area contributed by atoms with Crippen molar-refractivity contribution in [2.75, 3.05) is 19.7 Å². The van der Waals surface area contributed by atoms with Crippen molar-refractivity contribution in [2.24, 2.45) is 0 Å². The minimum atomic E-state index is -0.0966. The lowest BCUT2D eigenvalue weighted by molar-refractivity contribution is 0.0719. The van der Waals surface area contributed by atoms with Gasteiger partial charge >= 0.3 is 0 Å². The monoisotopic (exact) mass is 333 g/mol. The Hall–Kier alpha value is -0.580. The van der Waals surface area contributed by atoms with Crippen LogP contribution in [0.5, 0.6) is 0 Å². The molecule has 1 aromatic carbocycles. The number of halogens is 2. The minimum Gasteiger partial charge on any atom is -0.395 e. The van der Waals surface area contributed by atoms with Crippen LogP contribution in [0.3, 0.4) is 0 Å². The second-order valence-corrected chi connectivity index (χ2v) is 5.38. The third-order valence-electron chi connectivity index (χ3n) is 2.55. The maximum atomic E-state index is 12.3. The molecule has 0 fully saturated rings. The first-order chi connectivity index (χ1) is 8.58. The van der Waals surface area contributed by atoms with E-state index in [2.05, 4.69) is 22.9 Å². The molecule has 0 aromatic heterocycles. The van der Waals surface area contributed by atoms with Crippen LogP contribution < -0.4 is 0 Å². The van der Waals surface area contributed by atoms with E-state index in [1.807, 2.05) is 0 Å². The van der Waals surface area contributed by atoms with Gasteiger partial charge in [0.25, 0.3) is 5.91 Å². The Morgan fingerprint density at radius 3 is 2.67 bits per heavy atom. The Morgan fingerprint density at radius 2 is 2.11 bits per heavy atom. The molecule has 3 nitrogen and oxygen atoms in total. The first-order valence-corrected chi connectivity index (χ1v) is 7.11. The summed E-state index contributed by atoms with van der Waals surface area (Å²) in [6.45, 7) is 3.04. The Balaban J connectivity index is 2.86. The summed E-state index contributed by atoms with van der Waals surface area (Å²) in [5, 5.41) is 9.53. The van der Waals surface area contributed by atoms with Crippen LogP contribution in [0.4, 0.5) is 0 Å². The quantitative estimate of drug-likeness (QED) is 0.867. The molecule has 0 aliphatic rings. The van der Waals surface area contributed by atoms with E-state index < -0.39 is 0 Å². The average Bonchev–Trinajstić information content (AvgIpc) is 2.32. The van der Waals surface area contributed by atoms with E-state index in [9.17, 15) is 4.79 Å². The second kappa shape index (κ2) is 7.77. The number of aliphatic hydroxyl groups is 1. The van der Waals surface area contributed by atoms with E-state index in [0.717, 1.165) is 17.3 Å².